The van der Waals surface area contributed by atoms with Crippen LogP contribution in [-0.4, -0.2) is 12.6 Å². The molecule has 0 aliphatic heterocycles. The van der Waals surface area contributed by atoms with Crippen molar-refractivity contribution in [2.45, 2.75) is 5.92 Å². The minimum Gasteiger partial charge on any atom is -0.298 e. The van der Waals surface area contributed by atoms with Gasteiger partial charge in [-0.05, 0) is 12.1 Å². The molecule has 2 nitrogen and oxygen atoms in total. The van der Waals surface area contributed by atoms with E-state index in [1.165, 1.54) is 36.4 Å². The zero-order chi connectivity index (χ0) is 13.9. The quantitative estimate of drug-likeness (QED) is 0.789. The summed E-state index contributed by atoms with van der Waals surface area (Å²) in [6, 6.07) is 10.5. The lowest BCUT2D eigenvalue weighted by atomic mass is 9.97. The van der Waals surface area contributed by atoms with E-state index in [1.54, 1.807) is 0 Å². The molecule has 2 rings (SSSR count). The largest absolute Gasteiger partial charge is 0.298 e. The Morgan fingerprint density at radius 3 is 1.58 bits per heavy atom. The molecule has 19 heavy (non-hydrogen) atoms. The van der Waals surface area contributed by atoms with Crippen LogP contribution in [0.3, 0.4) is 0 Å². The maximum absolute atomic E-state index is 14.3. The molecule has 0 saturated heterocycles. The molecule has 0 radical (unpaired) electrons. The number of benzene rings is 2. The number of rotatable bonds is 4. The van der Waals surface area contributed by atoms with Crippen LogP contribution in [0.4, 0.5) is 8.78 Å². The summed E-state index contributed by atoms with van der Waals surface area (Å²) >= 11 is 0. The van der Waals surface area contributed by atoms with Crippen LogP contribution in [0, 0.1) is 0 Å². The lowest BCUT2D eigenvalue weighted by Gasteiger charge is -2.17. The maximum Gasteiger partial charge on any atom is 0.298 e. The first kappa shape index (κ1) is 13.1. The highest BCUT2D eigenvalue weighted by molar-refractivity contribution is 5.76. The molecule has 96 valence electrons. The molecular weight excluding hydrogens is 250 g/mol. The second-order valence-electron chi connectivity index (χ2n) is 4.06. The number of aldehydes is 2. The molecule has 2 aromatic rings. The Labute approximate surface area is 108 Å². The van der Waals surface area contributed by atoms with E-state index in [2.05, 4.69) is 0 Å². The first-order chi connectivity index (χ1) is 9.07. The van der Waals surface area contributed by atoms with Gasteiger partial charge in [-0.3, -0.25) is 9.59 Å². The molecule has 0 bridgehead atoms. The Morgan fingerprint density at radius 1 is 0.789 bits per heavy atom. The van der Waals surface area contributed by atoms with Gasteiger partial charge >= 0.3 is 0 Å². The summed E-state index contributed by atoms with van der Waals surface area (Å²) in [5, 5.41) is 0. The third-order valence-electron chi connectivity index (χ3n) is 2.77. The molecular formula is C15H10F2O2. The van der Waals surface area contributed by atoms with Gasteiger partial charge in [-0.1, -0.05) is 36.4 Å². The van der Waals surface area contributed by atoms with Gasteiger partial charge in [-0.25, -0.2) is 0 Å². The molecule has 0 aromatic heterocycles. The van der Waals surface area contributed by atoms with E-state index in [9.17, 15) is 18.4 Å². The third kappa shape index (κ3) is 2.57. The van der Waals surface area contributed by atoms with Crippen molar-refractivity contribution in [2.75, 3.05) is 0 Å². The molecule has 0 N–H and O–H groups in total. The van der Waals surface area contributed by atoms with E-state index in [0.717, 1.165) is 12.1 Å². The number of halogens is 2. The molecule has 0 atom stereocenters. The molecule has 0 fully saturated rings. The molecule has 0 unspecified atom stereocenters. The first-order valence-corrected chi connectivity index (χ1v) is 5.57. The van der Waals surface area contributed by atoms with Gasteiger partial charge in [0.15, 0.2) is 0 Å². The predicted molar refractivity (Wildman–Crippen MR) is 66.7 cm³/mol. The average Bonchev–Trinajstić information content (AvgIpc) is 2.47. The normalized spacial score (nSPS) is 11.1. The Morgan fingerprint density at radius 2 is 1.21 bits per heavy atom. The summed E-state index contributed by atoms with van der Waals surface area (Å²) in [5.41, 5.74) is -0.187. The van der Waals surface area contributed by atoms with Crippen molar-refractivity contribution >= 4 is 12.6 Å². The van der Waals surface area contributed by atoms with E-state index in [1.807, 2.05) is 0 Å². The van der Waals surface area contributed by atoms with Gasteiger partial charge in [0.05, 0.1) is 0 Å². The summed E-state index contributed by atoms with van der Waals surface area (Å²) in [5.74, 6) is -3.25. The van der Waals surface area contributed by atoms with Crippen LogP contribution < -0.4 is 0 Å². The van der Waals surface area contributed by atoms with Crippen LogP contribution in [0.15, 0.2) is 48.5 Å². The topological polar surface area (TPSA) is 34.1 Å². The van der Waals surface area contributed by atoms with Crippen LogP contribution in [0.25, 0.3) is 0 Å². The van der Waals surface area contributed by atoms with Crippen molar-refractivity contribution in [3.63, 3.8) is 0 Å². The maximum atomic E-state index is 14.3. The Kier molecular flexibility index (Phi) is 3.51. The molecule has 0 saturated carbocycles. The summed E-state index contributed by atoms with van der Waals surface area (Å²) in [4.78, 5) is 21.3. The number of carbonyl (C=O) groups excluding carboxylic acids is 2. The van der Waals surface area contributed by atoms with Crippen molar-refractivity contribution in [2.24, 2.45) is 0 Å². The molecule has 0 heterocycles. The Balaban J connectivity index is 2.50. The number of carbonyl (C=O) groups is 2. The summed E-state index contributed by atoms with van der Waals surface area (Å²) in [6.07, 6.45) is 1.03. The standard InChI is InChI=1S/C15H10F2O2/c16-15(17,13-5-1-3-11(7-13)9-18)14-6-2-4-12(8-14)10-19/h1-10H. The smallest absolute Gasteiger partial charge is 0.298 e. The highest BCUT2D eigenvalue weighted by Gasteiger charge is 2.34. The monoisotopic (exact) mass is 260 g/mol. The van der Waals surface area contributed by atoms with Crippen molar-refractivity contribution in [3.8, 4) is 0 Å². The van der Waals surface area contributed by atoms with Gasteiger partial charge in [-0.2, -0.15) is 8.78 Å². The fourth-order valence-electron chi connectivity index (χ4n) is 1.78. The van der Waals surface area contributed by atoms with E-state index >= 15 is 0 Å². The van der Waals surface area contributed by atoms with Gasteiger partial charge in [0.2, 0.25) is 0 Å². The minimum atomic E-state index is -3.25. The molecule has 4 heteroatoms. The highest BCUT2D eigenvalue weighted by Crippen LogP contribution is 2.35. The Bertz CT molecular complexity index is 568. The van der Waals surface area contributed by atoms with Crippen LogP contribution in [-0.2, 0) is 5.92 Å². The van der Waals surface area contributed by atoms with Gasteiger partial charge in [0.25, 0.3) is 5.92 Å². The summed E-state index contributed by atoms with van der Waals surface area (Å²) < 4.78 is 28.6. The predicted octanol–water partition coefficient (Wildman–Crippen LogP) is 3.45. The van der Waals surface area contributed by atoms with Crippen molar-refractivity contribution in [1.29, 1.82) is 0 Å². The number of hydrogen-bond acceptors (Lipinski definition) is 2. The van der Waals surface area contributed by atoms with Gasteiger partial charge in [0, 0.05) is 22.3 Å². The Hall–Kier alpha value is -2.36. The summed E-state index contributed by atoms with van der Waals surface area (Å²) in [6.45, 7) is 0. The van der Waals surface area contributed by atoms with Gasteiger partial charge in [-0.15, -0.1) is 0 Å². The van der Waals surface area contributed by atoms with Gasteiger partial charge in [0.1, 0.15) is 12.6 Å². The average molecular weight is 260 g/mol. The molecule has 0 aliphatic rings. The van der Waals surface area contributed by atoms with E-state index in [4.69, 9.17) is 0 Å². The lowest BCUT2D eigenvalue weighted by Crippen LogP contribution is -2.15. The lowest BCUT2D eigenvalue weighted by molar-refractivity contribution is 0.0427. The zero-order valence-corrected chi connectivity index (χ0v) is 9.85. The van der Waals surface area contributed by atoms with E-state index < -0.39 is 5.92 Å². The van der Waals surface area contributed by atoms with Crippen LogP contribution in [0.2, 0.25) is 0 Å². The second-order valence-corrected chi connectivity index (χ2v) is 4.06. The SMILES string of the molecule is O=Cc1cccc(C(F)(F)c2cccc(C=O)c2)c1. The van der Waals surface area contributed by atoms with Crippen LogP contribution in [0.5, 0.6) is 0 Å². The van der Waals surface area contributed by atoms with Crippen LogP contribution in [0.1, 0.15) is 31.8 Å². The van der Waals surface area contributed by atoms with Crippen molar-refractivity contribution in [3.05, 3.63) is 70.8 Å². The third-order valence-corrected chi connectivity index (χ3v) is 2.77. The molecule has 0 aliphatic carbocycles. The highest BCUT2D eigenvalue weighted by atomic mass is 19.3. The summed E-state index contributed by atoms with van der Waals surface area (Å²) in [7, 11) is 0. The second kappa shape index (κ2) is 5.10. The molecule has 0 spiro atoms. The van der Waals surface area contributed by atoms with Crippen LogP contribution >= 0.6 is 0 Å². The van der Waals surface area contributed by atoms with E-state index in [-0.39, 0.29) is 22.3 Å². The minimum absolute atomic E-state index is 0.184. The number of hydrogen-bond donors (Lipinski definition) is 0. The zero-order valence-electron chi connectivity index (χ0n) is 9.85. The molecule has 2 aromatic carbocycles. The molecule has 0 amide bonds. The van der Waals surface area contributed by atoms with Crippen molar-refractivity contribution < 1.29 is 18.4 Å². The fraction of sp³-hybridized carbons (Fsp3) is 0.0667. The number of alkyl halides is 2. The first-order valence-electron chi connectivity index (χ1n) is 5.57. The van der Waals surface area contributed by atoms with Gasteiger partial charge < -0.3 is 0 Å². The van der Waals surface area contributed by atoms with Crippen molar-refractivity contribution in [1.82, 2.24) is 0 Å². The van der Waals surface area contributed by atoms with E-state index in [0.29, 0.717) is 12.6 Å². The fourth-order valence-corrected chi connectivity index (χ4v) is 1.78.